The molecule has 1 saturated carbocycles. The van der Waals surface area contributed by atoms with Crippen LogP contribution >= 0.6 is 0 Å². The minimum atomic E-state index is -0.794. The lowest BCUT2D eigenvalue weighted by Gasteiger charge is -2.45. The standard InChI is InChI=1S/C15H27NO4/c1-11(2)16(13(19)20-14(3,4)5)10-15(7-6-8-15)9-12(17)18/h11H,6-10H2,1-5H3,(H,17,18). The van der Waals surface area contributed by atoms with E-state index in [2.05, 4.69) is 0 Å². The van der Waals surface area contributed by atoms with Crippen molar-refractivity contribution >= 4 is 12.1 Å². The molecule has 116 valence electrons. The molecule has 20 heavy (non-hydrogen) atoms. The van der Waals surface area contributed by atoms with Crippen LogP contribution in [0.25, 0.3) is 0 Å². The highest BCUT2D eigenvalue weighted by atomic mass is 16.6. The van der Waals surface area contributed by atoms with Crippen LogP contribution in [0.3, 0.4) is 0 Å². The largest absolute Gasteiger partial charge is 0.481 e. The maximum atomic E-state index is 12.3. The molecule has 1 fully saturated rings. The molecule has 1 aliphatic carbocycles. The fourth-order valence-corrected chi connectivity index (χ4v) is 2.53. The van der Waals surface area contributed by atoms with Gasteiger partial charge in [0.15, 0.2) is 0 Å². The zero-order chi connectivity index (χ0) is 15.6. The van der Waals surface area contributed by atoms with Gasteiger partial charge < -0.3 is 14.7 Å². The van der Waals surface area contributed by atoms with Crippen molar-refractivity contribution in [3.63, 3.8) is 0 Å². The number of rotatable bonds is 5. The lowest BCUT2D eigenvalue weighted by molar-refractivity contribution is -0.142. The average molecular weight is 285 g/mol. The molecule has 0 radical (unpaired) electrons. The lowest BCUT2D eigenvalue weighted by atomic mass is 9.66. The molecule has 5 heteroatoms. The maximum absolute atomic E-state index is 12.3. The molecule has 1 amide bonds. The first-order valence-electron chi connectivity index (χ1n) is 7.26. The number of carboxylic acid groups (broad SMARTS) is 1. The van der Waals surface area contributed by atoms with Gasteiger partial charge in [0.1, 0.15) is 5.60 Å². The summed E-state index contributed by atoms with van der Waals surface area (Å²) in [5, 5.41) is 9.06. The molecule has 0 aromatic heterocycles. The summed E-state index contributed by atoms with van der Waals surface area (Å²) in [4.78, 5) is 24.9. The van der Waals surface area contributed by atoms with Gasteiger partial charge in [-0.3, -0.25) is 4.79 Å². The van der Waals surface area contributed by atoms with E-state index in [1.807, 2.05) is 34.6 Å². The number of hydrogen-bond donors (Lipinski definition) is 1. The molecular formula is C15H27NO4. The third-order valence-electron chi connectivity index (χ3n) is 3.70. The Hall–Kier alpha value is -1.26. The first-order valence-corrected chi connectivity index (χ1v) is 7.26. The van der Waals surface area contributed by atoms with Gasteiger partial charge in [-0.05, 0) is 52.9 Å². The van der Waals surface area contributed by atoms with Crippen LogP contribution < -0.4 is 0 Å². The fraction of sp³-hybridized carbons (Fsp3) is 0.867. The molecule has 0 bridgehead atoms. The molecule has 1 rings (SSSR count). The van der Waals surface area contributed by atoms with Crippen LogP contribution in [0.2, 0.25) is 0 Å². The van der Waals surface area contributed by atoms with Crippen molar-refractivity contribution in [2.75, 3.05) is 6.54 Å². The molecule has 0 aromatic carbocycles. The van der Waals surface area contributed by atoms with Gasteiger partial charge >= 0.3 is 12.1 Å². The molecule has 0 unspecified atom stereocenters. The highest BCUT2D eigenvalue weighted by Crippen LogP contribution is 2.45. The van der Waals surface area contributed by atoms with Gasteiger partial charge in [0.2, 0.25) is 0 Å². The number of ether oxygens (including phenoxy) is 1. The monoisotopic (exact) mass is 285 g/mol. The second-order valence-corrected chi connectivity index (χ2v) is 7.13. The number of carboxylic acids is 1. The van der Waals surface area contributed by atoms with Gasteiger partial charge in [-0.1, -0.05) is 6.42 Å². The van der Waals surface area contributed by atoms with E-state index in [0.717, 1.165) is 19.3 Å². The SMILES string of the molecule is CC(C)N(CC1(CC(=O)O)CCC1)C(=O)OC(C)(C)C. The third kappa shape index (κ3) is 4.69. The number of nitrogens with zero attached hydrogens (tertiary/aromatic N) is 1. The predicted molar refractivity (Wildman–Crippen MR) is 76.6 cm³/mol. The van der Waals surface area contributed by atoms with Gasteiger partial charge in [-0.2, -0.15) is 0 Å². The quantitative estimate of drug-likeness (QED) is 0.841. The number of aliphatic carboxylic acids is 1. The van der Waals surface area contributed by atoms with E-state index >= 15 is 0 Å². The van der Waals surface area contributed by atoms with E-state index in [9.17, 15) is 9.59 Å². The Bertz CT molecular complexity index is 367. The summed E-state index contributed by atoms with van der Waals surface area (Å²) in [6.07, 6.45) is 2.53. The second kappa shape index (κ2) is 6.02. The minimum Gasteiger partial charge on any atom is -0.481 e. The first-order chi connectivity index (χ1) is 9.05. The van der Waals surface area contributed by atoms with Crippen molar-refractivity contribution < 1.29 is 19.4 Å². The average Bonchev–Trinajstić information content (AvgIpc) is 2.17. The lowest BCUT2D eigenvalue weighted by Crippen LogP contribution is -2.50. The van der Waals surface area contributed by atoms with Crippen LogP contribution in [0.4, 0.5) is 4.79 Å². The van der Waals surface area contributed by atoms with E-state index in [1.54, 1.807) is 4.90 Å². The Labute approximate surface area is 121 Å². The molecule has 0 heterocycles. The molecule has 0 atom stereocenters. The van der Waals surface area contributed by atoms with Gasteiger partial charge in [0.05, 0.1) is 6.42 Å². The molecule has 0 saturated heterocycles. The molecule has 1 N–H and O–H groups in total. The van der Waals surface area contributed by atoms with E-state index < -0.39 is 11.6 Å². The zero-order valence-electron chi connectivity index (χ0n) is 13.2. The Morgan fingerprint density at radius 1 is 1.30 bits per heavy atom. The molecule has 5 nitrogen and oxygen atoms in total. The van der Waals surface area contributed by atoms with Gasteiger partial charge in [-0.15, -0.1) is 0 Å². The molecule has 0 aliphatic heterocycles. The normalized spacial score (nSPS) is 17.5. The summed E-state index contributed by atoms with van der Waals surface area (Å²) in [6, 6.07) is -0.00359. The van der Waals surface area contributed by atoms with Crippen molar-refractivity contribution in [2.24, 2.45) is 5.41 Å². The van der Waals surface area contributed by atoms with Crippen LogP contribution in [-0.4, -0.2) is 40.3 Å². The summed E-state index contributed by atoms with van der Waals surface area (Å²) >= 11 is 0. The summed E-state index contributed by atoms with van der Waals surface area (Å²) in [5.74, 6) is -0.794. The van der Waals surface area contributed by atoms with Crippen LogP contribution in [-0.2, 0) is 9.53 Å². The zero-order valence-corrected chi connectivity index (χ0v) is 13.2. The Balaban J connectivity index is 2.76. The minimum absolute atomic E-state index is 0.00359. The summed E-state index contributed by atoms with van der Waals surface area (Å²) in [7, 11) is 0. The summed E-state index contributed by atoms with van der Waals surface area (Å²) in [6.45, 7) is 9.82. The summed E-state index contributed by atoms with van der Waals surface area (Å²) < 4.78 is 5.42. The second-order valence-electron chi connectivity index (χ2n) is 7.13. The van der Waals surface area contributed by atoms with Crippen molar-refractivity contribution in [3.8, 4) is 0 Å². The molecule has 0 aromatic rings. The smallest absolute Gasteiger partial charge is 0.410 e. The third-order valence-corrected chi connectivity index (χ3v) is 3.70. The van der Waals surface area contributed by atoms with E-state index in [0.29, 0.717) is 6.54 Å². The highest BCUT2D eigenvalue weighted by molar-refractivity contribution is 5.70. The maximum Gasteiger partial charge on any atom is 0.410 e. The van der Waals surface area contributed by atoms with Crippen LogP contribution in [0.15, 0.2) is 0 Å². The van der Waals surface area contributed by atoms with Crippen molar-refractivity contribution in [3.05, 3.63) is 0 Å². The number of carbonyl (C=O) groups excluding carboxylic acids is 1. The van der Waals surface area contributed by atoms with Crippen LogP contribution in [0.5, 0.6) is 0 Å². The number of amides is 1. The van der Waals surface area contributed by atoms with Gasteiger partial charge in [0.25, 0.3) is 0 Å². The number of hydrogen-bond acceptors (Lipinski definition) is 3. The van der Waals surface area contributed by atoms with E-state index in [-0.39, 0.29) is 24.0 Å². The van der Waals surface area contributed by atoms with Gasteiger partial charge in [-0.25, -0.2) is 4.79 Å². The Kier molecular flexibility index (Phi) is 5.05. The summed E-state index contributed by atoms with van der Waals surface area (Å²) in [5.41, 5.74) is -0.809. The molecule has 1 aliphatic rings. The fourth-order valence-electron chi connectivity index (χ4n) is 2.53. The predicted octanol–water partition coefficient (Wildman–Crippen LogP) is 3.28. The van der Waals surface area contributed by atoms with E-state index in [1.165, 1.54) is 0 Å². The topological polar surface area (TPSA) is 66.8 Å². The number of carbonyl (C=O) groups is 2. The van der Waals surface area contributed by atoms with E-state index in [4.69, 9.17) is 9.84 Å². The molecular weight excluding hydrogens is 258 g/mol. The van der Waals surface area contributed by atoms with Crippen LogP contribution in [0.1, 0.15) is 60.3 Å². The van der Waals surface area contributed by atoms with Crippen molar-refractivity contribution in [1.82, 2.24) is 4.90 Å². The van der Waals surface area contributed by atoms with Gasteiger partial charge in [0, 0.05) is 12.6 Å². The van der Waals surface area contributed by atoms with Crippen molar-refractivity contribution in [1.29, 1.82) is 0 Å². The highest BCUT2D eigenvalue weighted by Gasteiger charge is 2.42. The van der Waals surface area contributed by atoms with Crippen LogP contribution in [0, 0.1) is 5.41 Å². The Morgan fingerprint density at radius 3 is 2.15 bits per heavy atom. The Morgan fingerprint density at radius 2 is 1.85 bits per heavy atom. The molecule has 0 spiro atoms. The first kappa shape index (κ1) is 16.8. The van der Waals surface area contributed by atoms with Crippen molar-refractivity contribution in [2.45, 2.75) is 71.9 Å².